The van der Waals surface area contributed by atoms with Gasteiger partial charge in [0.1, 0.15) is 11.0 Å². The molecule has 0 N–H and O–H groups in total. The Bertz CT molecular complexity index is 924. The molecule has 5 nitrogen and oxygen atoms in total. The SMILES string of the molecule is COc1ccc(C2C(S(=O)(=O)c3ccccc3)C2(C#N)C#N)cc1. The van der Waals surface area contributed by atoms with E-state index >= 15 is 0 Å². The molecular formula is C18H14N2O3S. The standard InChI is InChI=1S/C18H14N2O3S/c1-23-14-9-7-13(8-10-14)16-17(18(16,11-19)12-20)24(21,22)15-5-3-2-4-6-15/h2-10,16-17H,1H3. The van der Waals surface area contributed by atoms with Crippen molar-refractivity contribution >= 4 is 9.84 Å². The number of sulfone groups is 1. The minimum Gasteiger partial charge on any atom is -0.497 e. The normalized spacial score (nSPS) is 21.3. The molecule has 0 radical (unpaired) electrons. The molecule has 1 fully saturated rings. The van der Waals surface area contributed by atoms with Gasteiger partial charge in [-0.3, -0.25) is 0 Å². The minimum atomic E-state index is -3.79. The van der Waals surface area contributed by atoms with Crippen molar-refractivity contribution in [3.8, 4) is 17.9 Å². The Balaban J connectivity index is 2.07. The quantitative estimate of drug-likeness (QED) is 0.855. The lowest BCUT2D eigenvalue weighted by atomic mass is 10.0. The van der Waals surface area contributed by atoms with Gasteiger partial charge in [-0.2, -0.15) is 10.5 Å². The maximum absolute atomic E-state index is 12.9. The van der Waals surface area contributed by atoms with E-state index in [1.54, 1.807) is 42.5 Å². The van der Waals surface area contributed by atoms with Gasteiger partial charge in [-0.05, 0) is 29.8 Å². The molecule has 2 unspecified atom stereocenters. The molecule has 3 rings (SSSR count). The van der Waals surface area contributed by atoms with Gasteiger partial charge in [0, 0.05) is 5.92 Å². The van der Waals surface area contributed by atoms with Crippen LogP contribution in [0.2, 0.25) is 0 Å². The molecule has 0 aliphatic heterocycles. The first-order chi connectivity index (χ1) is 11.5. The van der Waals surface area contributed by atoms with Crippen molar-refractivity contribution in [1.82, 2.24) is 0 Å². The highest BCUT2D eigenvalue weighted by Crippen LogP contribution is 2.63. The fourth-order valence-electron chi connectivity index (χ4n) is 3.08. The van der Waals surface area contributed by atoms with Crippen LogP contribution in [0.25, 0.3) is 0 Å². The average Bonchev–Trinajstić information content (AvgIpc) is 3.33. The van der Waals surface area contributed by atoms with Crippen molar-refractivity contribution in [3.05, 3.63) is 60.2 Å². The number of ether oxygens (including phenoxy) is 1. The number of methoxy groups -OCH3 is 1. The topological polar surface area (TPSA) is 90.9 Å². The first-order valence-electron chi connectivity index (χ1n) is 7.26. The second-order valence-electron chi connectivity index (χ2n) is 5.62. The van der Waals surface area contributed by atoms with Crippen LogP contribution in [0.5, 0.6) is 5.75 Å². The Morgan fingerprint density at radius 3 is 2.08 bits per heavy atom. The number of benzene rings is 2. The van der Waals surface area contributed by atoms with Crippen LogP contribution < -0.4 is 4.74 Å². The highest BCUT2D eigenvalue weighted by atomic mass is 32.2. The van der Waals surface area contributed by atoms with Gasteiger partial charge in [0.15, 0.2) is 15.3 Å². The summed E-state index contributed by atoms with van der Waals surface area (Å²) in [5, 5.41) is 17.9. The average molecular weight is 338 g/mol. The van der Waals surface area contributed by atoms with Gasteiger partial charge in [0.05, 0.1) is 24.1 Å². The summed E-state index contributed by atoms with van der Waals surface area (Å²) < 4.78 is 30.9. The Kier molecular flexibility index (Phi) is 3.79. The summed E-state index contributed by atoms with van der Waals surface area (Å²) in [4.78, 5) is 0.126. The fraction of sp³-hybridized carbons (Fsp3) is 0.222. The van der Waals surface area contributed by atoms with E-state index in [-0.39, 0.29) is 4.90 Å². The van der Waals surface area contributed by atoms with E-state index in [0.717, 1.165) is 0 Å². The summed E-state index contributed by atoms with van der Waals surface area (Å²) >= 11 is 0. The van der Waals surface area contributed by atoms with Crippen LogP contribution in [0, 0.1) is 28.1 Å². The Morgan fingerprint density at radius 1 is 1.00 bits per heavy atom. The first kappa shape index (κ1) is 16.0. The van der Waals surface area contributed by atoms with Crippen molar-refractivity contribution in [3.63, 3.8) is 0 Å². The van der Waals surface area contributed by atoms with Gasteiger partial charge in [-0.25, -0.2) is 8.42 Å². The Morgan fingerprint density at radius 2 is 1.58 bits per heavy atom. The molecule has 1 aliphatic carbocycles. The molecule has 6 heteroatoms. The monoisotopic (exact) mass is 338 g/mol. The molecule has 0 spiro atoms. The third-order valence-electron chi connectivity index (χ3n) is 4.38. The van der Waals surface area contributed by atoms with Gasteiger partial charge in [0.25, 0.3) is 0 Å². The van der Waals surface area contributed by atoms with Crippen LogP contribution in [-0.2, 0) is 9.84 Å². The van der Waals surface area contributed by atoms with Gasteiger partial charge in [-0.15, -0.1) is 0 Å². The maximum atomic E-state index is 12.9. The molecule has 0 bridgehead atoms. The van der Waals surface area contributed by atoms with E-state index in [2.05, 4.69) is 0 Å². The molecule has 1 saturated carbocycles. The van der Waals surface area contributed by atoms with Gasteiger partial charge in [-0.1, -0.05) is 30.3 Å². The van der Waals surface area contributed by atoms with Crippen molar-refractivity contribution in [2.45, 2.75) is 16.1 Å². The van der Waals surface area contributed by atoms with Crippen LogP contribution >= 0.6 is 0 Å². The van der Waals surface area contributed by atoms with Gasteiger partial charge in [0.2, 0.25) is 0 Å². The molecule has 0 heterocycles. The molecule has 120 valence electrons. The molecule has 0 aromatic heterocycles. The number of rotatable bonds is 4. The number of nitriles is 2. The molecule has 2 aromatic carbocycles. The molecule has 1 aliphatic rings. The predicted octanol–water partition coefficient (Wildman–Crippen LogP) is 2.67. The minimum absolute atomic E-state index is 0.126. The number of nitrogens with zero attached hydrogens (tertiary/aromatic N) is 2. The van der Waals surface area contributed by atoms with Gasteiger partial charge < -0.3 is 4.74 Å². The third-order valence-corrected chi connectivity index (χ3v) is 6.63. The lowest BCUT2D eigenvalue weighted by Gasteiger charge is -2.04. The number of hydrogen-bond donors (Lipinski definition) is 0. The lowest BCUT2D eigenvalue weighted by molar-refractivity contribution is 0.414. The molecular weight excluding hydrogens is 324 g/mol. The van der Waals surface area contributed by atoms with E-state index < -0.39 is 26.4 Å². The summed E-state index contributed by atoms with van der Waals surface area (Å²) in [5.41, 5.74) is -0.924. The van der Waals surface area contributed by atoms with E-state index in [4.69, 9.17) is 4.74 Å². The third kappa shape index (κ3) is 2.24. The van der Waals surface area contributed by atoms with E-state index in [0.29, 0.717) is 11.3 Å². The van der Waals surface area contributed by atoms with Gasteiger partial charge >= 0.3 is 0 Å². The lowest BCUT2D eigenvalue weighted by Crippen LogP contribution is -2.14. The fourth-order valence-corrected chi connectivity index (χ4v) is 5.30. The summed E-state index contributed by atoms with van der Waals surface area (Å²) in [5.74, 6) is -0.0509. The van der Waals surface area contributed by atoms with Crippen molar-refractivity contribution < 1.29 is 13.2 Å². The van der Waals surface area contributed by atoms with Crippen LogP contribution in [0.3, 0.4) is 0 Å². The van der Waals surface area contributed by atoms with Crippen molar-refractivity contribution in [2.24, 2.45) is 5.41 Å². The zero-order chi connectivity index (χ0) is 17.4. The van der Waals surface area contributed by atoms with E-state index in [9.17, 15) is 18.9 Å². The van der Waals surface area contributed by atoms with Crippen LogP contribution in [0.1, 0.15) is 11.5 Å². The highest BCUT2D eigenvalue weighted by Gasteiger charge is 2.73. The highest BCUT2D eigenvalue weighted by molar-refractivity contribution is 7.92. The molecule has 0 saturated heterocycles. The van der Waals surface area contributed by atoms with Crippen molar-refractivity contribution in [2.75, 3.05) is 7.11 Å². The van der Waals surface area contributed by atoms with Crippen LogP contribution in [0.4, 0.5) is 0 Å². The Hall–Kier alpha value is -2.83. The largest absolute Gasteiger partial charge is 0.497 e. The van der Waals surface area contributed by atoms with E-state index in [1.165, 1.54) is 19.2 Å². The molecule has 2 aromatic rings. The van der Waals surface area contributed by atoms with Crippen LogP contribution in [0.15, 0.2) is 59.5 Å². The summed E-state index contributed by atoms with van der Waals surface area (Å²) in [6.07, 6.45) is 0. The molecule has 24 heavy (non-hydrogen) atoms. The van der Waals surface area contributed by atoms with E-state index in [1.807, 2.05) is 12.1 Å². The van der Waals surface area contributed by atoms with Crippen LogP contribution in [-0.4, -0.2) is 20.8 Å². The summed E-state index contributed by atoms with van der Waals surface area (Å²) in [6, 6.07) is 18.6. The molecule has 0 amide bonds. The summed E-state index contributed by atoms with van der Waals surface area (Å²) in [6.45, 7) is 0. The second kappa shape index (κ2) is 5.67. The zero-order valence-corrected chi connectivity index (χ0v) is 13.7. The first-order valence-corrected chi connectivity index (χ1v) is 8.81. The van der Waals surface area contributed by atoms with Crippen molar-refractivity contribution in [1.29, 1.82) is 10.5 Å². The zero-order valence-electron chi connectivity index (χ0n) is 12.9. The molecule has 2 atom stereocenters. The Labute approximate surface area is 140 Å². The second-order valence-corrected chi connectivity index (χ2v) is 7.69. The summed E-state index contributed by atoms with van der Waals surface area (Å²) in [7, 11) is -2.26. The maximum Gasteiger partial charge on any atom is 0.184 e. The number of hydrogen-bond acceptors (Lipinski definition) is 5. The predicted molar refractivity (Wildman–Crippen MR) is 86.8 cm³/mol. The smallest absolute Gasteiger partial charge is 0.184 e.